The van der Waals surface area contributed by atoms with E-state index >= 15 is 0 Å². The number of carbonyl (C=O) groups is 1. The van der Waals surface area contributed by atoms with Crippen molar-refractivity contribution in [2.45, 2.75) is 63.8 Å². The fourth-order valence-corrected chi connectivity index (χ4v) is 5.30. The molecule has 2 aromatic rings. The van der Waals surface area contributed by atoms with Crippen LogP contribution in [-0.2, 0) is 15.6 Å². The molecule has 0 amide bonds. The lowest BCUT2D eigenvalue weighted by Gasteiger charge is -2.41. The van der Waals surface area contributed by atoms with Gasteiger partial charge < -0.3 is 14.4 Å². The van der Waals surface area contributed by atoms with E-state index in [-0.39, 0.29) is 16.8 Å². The molecule has 1 saturated heterocycles. The number of hydrogen-bond acceptors (Lipinski definition) is 4. The average Bonchev–Trinajstić information content (AvgIpc) is 3.10. The molecule has 0 bridgehead atoms. The van der Waals surface area contributed by atoms with Gasteiger partial charge in [0, 0.05) is 17.9 Å². The Morgan fingerprint density at radius 1 is 1.16 bits per heavy atom. The highest BCUT2D eigenvalue weighted by atomic mass is 16.5. The van der Waals surface area contributed by atoms with E-state index in [0.29, 0.717) is 11.6 Å². The Kier molecular flexibility index (Phi) is 5.93. The zero-order chi connectivity index (χ0) is 23.1. The predicted octanol–water partition coefficient (Wildman–Crippen LogP) is 5.78. The summed E-state index contributed by atoms with van der Waals surface area (Å²) in [5.74, 6) is 1.44. The molecule has 0 aromatic heterocycles. The van der Waals surface area contributed by atoms with Gasteiger partial charge in [0.2, 0.25) is 0 Å². The topological polar surface area (TPSA) is 38.8 Å². The predicted molar refractivity (Wildman–Crippen MR) is 128 cm³/mol. The molecule has 32 heavy (non-hydrogen) atoms. The van der Waals surface area contributed by atoms with Gasteiger partial charge in [-0.25, -0.2) is 4.79 Å². The fourth-order valence-electron chi connectivity index (χ4n) is 5.30. The van der Waals surface area contributed by atoms with Crippen molar-refractivity contribution in [1.82, 2.24) is 4.90 Å². The van der Waals surface area contributed by atoms with E-state index in [1.54, 1.807) is 7.11 Å². The summed E-state index contributed by atoms with van der Waals surface area (Å²) in [6.07, 6.45) is 4.86. The molecule has 1 fully saturated rings. The molecule has 2 atom stereocenters. The molecule has 2 unspecified atom stereocenters. The van der Waals surface area contributed by atoms with Gasteiger partial charge in [-0.3, -0.25) is 0 Å². The summed E-state index contributed by atoms with van der Waals surface area (Å²) in [5.41, 5.74) is 4.30. The number of aryl methyl sites for hydroxylation is 1. The van der Waals surface area contributed by atoms with Crippen molar-refractivity contribution < 1.29 is 14.3 Å². The molecule has 1 aliphatic heterocycles. The first-order chi connectivity index (χ1) is 15.1. The van der Waals surface area contributed by atoms with Crippen molar-refractivity contribution in [3.05, 3.63) is 76.6 Å². The summed E-state index contributed by atoms with van der Waals surface area (Å²) >= 11 is 0. The maximum atomic E-state index is 12.9. The molecule has 1 heterocycles. The molecule has 0 N–H and O–H groups in total. The lowest BCUT2D eigenvalue weighted by Crippen LogP contribution is -2.43. The van der Waals surface area contributed by atoms with Crippen LogP contribution in [0.15, 0.2) is 54.3 Å². The normalized spacial score (nSPS) is 23.4. The SMILES string of the molecule is COc1ccc(C23CC=C(OC(=O)c4cccc(C(C)(C)C)c4)CC2N(C)CC3)cc1C. The number of allylic oxidation sites excluding steroid dienone is 1. The summed E-state index contributed by atoms with van der Waals surface area (Å²) < 4.78 is 11.4. The molecule has 4 rings (SSSR count). The van der Waals surface area contributed by atoms with Crippen molar-refractivity contribution in [2.75, 3.05) is 20.7 Å². The minimum Gasteiger partial charge on any atom is -0.496 e. The van der Waals surface area contributed by atoms with E-state index in [9.17, 15) is 4.79 Å². The van der Waals surface area contributed by atoms with Crippen molar-refractivity contribution in [2.24, 2.45) is 0 Å². The second-order valence-electron chi connectivity index (χ2n) is 10.4. The van der Waals surface area contributed by atoms with Crippen LogP contribution in [0, 0.1) is 6.92 Å². The zero-order valence-corrected chi connectivity index (χ0v) is 20.2. The van der Waals surface area contributed by atoms with E-state index in [4.69, 9.17) is 9.47 Å². The van der Waals surface area contributed by atoms with E-state index in [0.717, 1.165) is 48.4 Å². The highest BCUT2D eigenvalue weighted by molar-refractivity contribution is 5.90. The van der Waals surface area contributed by atoms with Crippen LogP contribution in [0.3, 0.4) is 0 Å². The molecular formula is C28H35NO3. The van der Waals surface area contributed by atoms with Crippen molar-refractivity contribution in [1.29, 1.82) is 0 Å². The van der Waals surface area contributed by atoms with Crippen LogP contribution in [-0.4, -0.2) is 37.6 Å². The first-order valence-electron chi connectivity index (χ1n) is 11.5. The third-order valence-corrected chi connectivity index (χ3v) is 7.33. The number of methoxy groups -OCH3 is 1. The Morgan fingerprint density at radius 2 is 1.94 bits per heavy atom. The fraction of sp³-hybridized carbons (Fsp3) is 0.464. The lowest BCUT2D eigenvalue weighted by atomic mass is 9.68. The minimum absolute atomic E-state index is 0.0109. The lowest BCUT2D eigenvalue weighted by molar-refractivity contribution is 0.0579. The molecule has 4 nitrogen and oxygen atoms in total. The molecule has 170 valence electrons. The van der Waals surface area contributed by atoms with E-state index < -0.39 is 0 Å². The van der Waals surface area contributed by atoms with Gasteiger partial charge in [-0.2, -0.15) is 0 Å². The number of nitrogens with zero attached hydrogens (tertiary/aromatic N) is 1. The van der Waals surface area contributed by atoms with Crippen LogP contribution in [0.4, 0.5) is 0 Å². The number of ether oxygens (including phenoxy) is 2. The number of carbonyl (C=O) groups excluding carboxylic acids is 1. The Labute approximate surface area is 192 Å². The van der Waals surface area contributed by atoms with Gasteiger partial charge in [0.25, 0.3) is 0 Å². The number of benzene rings is 2. The van der Waals surface area contributed by atoms with Gasteiger partial charge >= 0.3 is 5.97 Å². The Hall–Kier alpha value is -2.59. The second kappa shape index (κ2) is 8.40. The summed E-state index contributed by atoms with van der Waals surface area (Å²) in [4.78, 5) is 15.4. The molecule has 4 heteroatoms. The Balaban J connectivity index is 1.57. The second-order valence-corrected chi connectivity index (χ2v) is 10.4. The summed E-state index contributed by atoms with van der Waals surface area (Å²) in [5, 5.41) is 0. The molecular weight excluding hydrogens is 398 g/mol. The smallest absolute Gasteiger partial charge is 0.343 e. The first kappa shape index (κ1) is 22.6. The van der Waals surface area contributed by atoms with Crippen LogP contribution in [0.2, 0.25) is 0 Å². The minimum atomic E-state index is -0.268. The van der Waals surface area contributed by atoms with Gasteiger partial charge in [-0.1, -0.05) is 45.0 Å². The summed E-state index contributed by atoms with van der Waals surface area (Å²) in [6.45, 7) is 9.59. The molecule has 1 aliphatic carbocycles. The third kappa shape index (κ3) is 4.09. The standard InChI is InChI=1S/C28H35NO3/c1-19-16-22(10-11-24(19)31-6)28-13-12-23(18-25(28)29(5)15-14-28)32-26(30)20-8-7-9-21(17-20)27(2,3)4/h7-12,16-17,25H,13-15,18H2,1-6H3. The summed E-state index contributed by atoms with van der Waals surface area (Å²) in [6, 6.07) is 14.7. The van der Waals surface area contributed by atoms with Gasteiger partial charge in [0.05, 0.1) is 12.7 Å². The molecule has 0 spiro atoms. The Bertz CT molecular complexity index is 1050. The van der Waals surface area contributed by atoms with Gasteiger partial charge in [0.1, 0.15) is 11.5 Å². The summed E-state index contributed by atoms with van der Waals surface area (Å²) in [7, 11) is 3.90. The molecule has 2 aliphatic rings. The van der Waals surface area contributed by atoms with E-state index in [2.05, 4.69) is 70.0 Å². The highest BCUT2D eigenvalue weighted by Gasteiger charge is 2.49. The maximum Gasteiger partial charge on any atom is 0.343 e. The quantitative estimate of drug-likeness (QED) is 0.573. The molecule has 2 aromatic carbocycles. The molecule has 0 saturated carbocycles. The van der Waals surface area contributed by atoms with E-state index in [1.165, 1.54) is 5.56 Å². The van der Waals surface area contributed by atoms with Crippen LogP contribution in [0.1, 0.15) is 67.1 Å². The van der Waals surface area contributed by atoms with Crippen LogP contribution in [0.25, 0.3) is 0 Å². The van der Waals surface area contributed by atoms with Crippen LogP contribution in [0.5, 0.6) is 5.75 Å². The van der Waals surface area contributed by atoms with Crippen molar-refractivity contribution in [3.63, 3.8) is 0 Å². The first-order valence-corrected chi connectivity index (χ1v) is 11.5. The van der Waals surface area contributed by atoms with Gasteiger partial charge in [0.15, 0.2) is 0 Å². The maximum absolute atomic E-state index is 12.9. The number of rotatable bonds is 4. The number of esters is 1. The van der Waals surface area contributed by atoms with Crippen molar-refractivity contribution >= 4 is 5.97 Å². The zero-order valence-electron chi connectivity index (χ0n) is 20.2. The monoisotopic (exact) mass is 433 g/mol. The van der Waals surface area contributed by atoms with Crippen LogP contribution < -0.4 is 4.74 Å². The third-order valence-electron chi connectivity index (χ3n) is 7.33. The number of fused-ring (bicyclic) bond motifs is 1. The van der Waals surface area contributed by atoms with E-state index in [1.807, 2.05) is 18.2 Å². The van der Waals surface area contributed by atoms with Crippen LogP contribution >= 0.6 is 0 Å². The number of likely N-dealkylation sites (N-methyl/N-ethyl adjacent to an activating group) is 1. The van der Waals surface area contributed by atoms with Gasteiger partial charge in [-0.15, -0.1) is 0 Å². The Morgan fingerprint density at radius 3 is 2.62 bits per heavy atom. The largest absolute Gasteiger partial charge is 0.496 e. The highest BCUT2D eigenvalue weighted by Crippen LogP contribution is 2.48. The average molecular weight is 434 g/mol. The van der Waals surface area contributed by atoms with Crippen molar-refractivity contribution in [3.8, 4) is 5.75 Å². The number of hydrogen-bond donors (Lipinski definition) is 0. The van der Waals surface area contributed by atoms with Gasteiger partial charge in [-0.05, 0) is 79.7 Å². The number of likely N-dealkylation sites (tertiary alicyclic amines) is 1. The molecule has 0 radical (unpaired) electrons.